The standard InChI is InChI=1S/C20H22FN5O.C13H19BFNO2.C13H15ClN4O.C2H6/c1-13-7-17(21)18(22)10-16(13)14-8-19(15-11-23-25(2)12-15)24-20(9-14)26-3-5-27-6-4-26;1-8-6-10(15)11(16)7-9(8)14-17-12(2,3)13(4,5)18-14;1-17-9-10(8-15-17)12-6-11(14)7-13(16-12)18-2-4-19-5-3-18;1-2/h7-12H,3-6,22H2,1-2H3;6-7H,16H2,1-5H3;6-9H,2-5H2,1H3;1-2H3. The smallest absolute Gasteiger partial charge is 0.399 e. The first-order valence-electron chi connectivity index (χ1n) is 22.2. The normalized spacial score (nSPS) is 16.4. The van der Waals surface area contributed by atoms with E-state index in [0.29, 0.717) is 18.2 Å². The van der Waals surface area contributed by atoms with Gasteiger partial charge in [-0.1, -0.05) is 25.4 Å². The minimum atomic E-state index is -0.502. The second-order valence-corrected chi connectivity index (χ2v) is 17.6. The molecule has 0 saturated carbocycles. The fourth-order valence-corrected chi connectivity index (χ4v) is 7.60. The van der Waals surface area contributed by atoms with Gasteiger partial charge in [0.05, 0.1) is 72.8 Å². The molecule has 6 aromatic rings. The van der Waals surface area contributed by atoms with Gasteiger partial charge >= 0.3 is 7.12 Å². The summed E-state index contributed by atoms with van der Waals surface area (Å²) in [6.07, 6.45) is 7.45. The van der Waals surface area contributed by atoms with Crippen LogP contribution in [-0.2, 0) is 32.9 Å². The summed E-state index contributed by atoms with van der Waals surface area (Å²) in [5.74, 6) is 0.963. The molecule has 0 atom stereocenters. The van der Waals surface area contributed by atoms with Crippen molar-refractivity contribution in [1.29, 1.82) is 0 Å². The second-order valence-electron chi connectivity index (χ2n) is 17.1. The minimum absolute atomic E-state index is 0.116. The van der Waals surface area contributed by atoms with Crippen LogP contribution in [0, 0.1) is 25.5 Å². The third kappa shape index (κ3) is 11.9. The molecule has 66 heavy (non-hydrogen) atoms. The lowest BCUT2D eigenvalue weighted by Gasteiger charge is -2.32. The number of pyridine rings is 2. The molecule has 3 aliphatic heterocycles. The number of morpholine rings is 2. The van der Waals surface area contributed by atoms with Gasteiger partial charge < -0.3 is 40.0 Å². The molecule has 9 rings (SSSR count). The van der Waals surface area contributed by atoms with Gasteiger partial charge in [-0.05, 0) is 118 Å². The molecule has 2 aromatic carbocycles. The highest BCUT2D eigenvalue weighted by Gasteiger charge is 2.52. The van der Waals surface area contributed by atoms with E-state index in [4.69, 9.17) is 46.8 Å². The zero-order valence-electron chi connectivity index (χ0n) is 39.7. The highest BCUT2D eigenvalue weighted by Crippen LogP contribution is 2.37. The molecule has 4 N–H and O–H groups in total. The first-order chi connectivity index (χ1) is 31.4. The van der Waals surface area contributed by atoms with Gasteiger partial charge in [-0.15, -0.1) is 0 Å². The van der Waals surface area contributed by atoms with E-state index in [2.05, 4.69) is 25.0 Å². The summed E-state index contributed by atoms with van der Waals surface area (Å²) in [5.41, 5.74) is 18.7. The van der Waals surface area contributed by atoms with Crippen LogP contribution in [-0.4, -0.2) is 100 Å². The summed E-state index contributed by atoms with van der Waals surface area (Å²) in [5, 5.41) is 9.11. The average molecular weight is 927 g/mol. The maximum absolute atomic E-state index is 13.8. The van der Waals surface area contributed by atoms with Crippen molar-refractivity contribution in [3.63, 3.8) is 0 Å². The maximum Gasteiger partial charge on any atom is 0.495 e. The lowest BCUT2D eigenvalue weighted by Crippen LogP contribution is -2.41. The summed E-state index contributed by atoms with van der Waals surface area (Å²) in [4.78, 5) is 13.9. The Labute approximate surface area is 392 Å². The number of aryl methyl sites for hydroxylation is 4. The third-order valence-corrected chi connectivity index (χ3v) is 12.0. The van der Waals surface area contributed by atoms with Gasteiger partial charge in [0.15, 0.2) is 0 Å². The van der Waals surface area contributed by atoms with Crippen LogP contribution in [0.3, 0.4) is 0 Å². The van der Waals surface area contributed by atoms with E-state index >= 15 is 0 Å². The Hall–Kier alpha value is -5.59. The van der Waals surface area contributed by atoms with E-state index < -0.39 is 30.0 Å². The molecule has 4 aromatic heterocycles. The van der Waals surface area contributed by atoms with Gasteiger partial charge in [0.1, 0.15) is 23.3 Å². The Morgan fingerprint density at radius 3 is 1.56 bits per heavy atom. The van der Waals surface area contributed by atoms with Crippen LogP contribution < -0.4 is 26.7 Å². The molecule has 352 valence electrons. The number of nitrogens with two attached hydrogens (primary N) is 2. The highest BCUT2D eigenvalue weighted by molar-refractivity contribution is 6.62. The Morgan fingerprint density at radius 1 is 0.621 bits per heavy atom. The topological polar surface area (TPSA) is 157 Å². The van der Waals surface area contributed by atoms with E-state index in [9.17, 15) is 8.78 Å². The number of hydrogen-bond acceptors (Lipinski definition) is 12. The van der Waals surface area contributed by atoms with Gasteiger partial charge in [0, 0.05) is 68.8 Å². The third-order valence-electron chi connectivity index (χ3n) is 11.8. The van der Waals surface area contributed by atoms with Gasteiger partial charge in [-0.25, -0.2) is 18.7 Å². The molecular weight excluding hydrogens is 865 g/mol. The Morgan fingerprint density at radius 2 is 1.08 bits per heavy atom. The Bertz CT molecular complexity index is 2580. The summed E-state index contributed by atoms with van der Waals surface area (Å²) in [7, 11) is 3.26. The van der Waals surface area contributed by atoms with Gasteiger partial charge in [0.2, 0.25) is 0 Å². The lowest BCUT2D eigenvalue weighted by atomic mass is 9.76. The number of benzene rings is 2. The van der Waals surface area contributed by atoms with Gasteiger partial charge in [-0.2, -0.15) is 10.2 Å². The quantitative estimate of drug-likeness (QED) is 0.123. The summed E-state index contributed by atoms with van der Waals surface area (Å²) in [6.45, 7) is 21.7. The van der Waals surface area contributed by atoms with E-state index in [-0.39, 0.29) is 11.4 Å². The number of halogens is 3. The van der Waals surface area contributed by atoms with Crippen LogP contribution in [0.2, 0.25) is 5.02 Å². The monoisotopic (exact) mass is 926 g/mol. The largest absolute Gasteiger partial charge is 0.495 e. The first kappa shape index (κ1) is 49.8. The number of ether oxygens (including phenoxy) is 2. The van der Waals surface area contributed by atoms with Crippen LogP contribution in [0.5, 0.6) is 0 Å². The molecule has 3 saturated heterocycles. The molecular formula is C48H62BClF2N10O4. The zero-order valence-corrected chi connectivity index (χ0v) is 40.4. The zero-order chi connectivity index (χ0) is 47.9. The Kier molecular flexibility index (Phi) is 16.1. The van der Waals surface area contributed by atoms with Crippen LogP contribution in [0.1, 0.15) is 52.7 Å². The SMILES string of the molecule is CC.Cc1cc(F)c(N)cc1-c1cc(-c2cnn(C)c2)nc(N2CCOCC2)c1.Cc1cc(F)c(N)cc1B1OC(C)(C)C(C)(C)O1.Cn1cc(-c2cc(Cl)cc(N3CCOCC3)n2)cn1. The fourth-order valence-electron chi connectivity index (χ4n) is 7.40. The fraction of sp³-hybridized carbons (Fsp3) is 0.417. The predicted molar refractivity (Wildman–Crippen MR) is 261 cm³/mol. The number of nitrogen functional groups attached to an aromatic ring is 2. The summed E-state index contributed by atoms with van der Waals surface area (Å²) < 4.78 is 53.3. The van der Waals surface area contributed by atoms with Crippen molar-refractivity contribution >= 4 is 47.2 Å². The number of aromatic nitrogens is 6. The first-order valence-corrected chi connectivity index (χ1v) is 22.6. The van der Waals surface area contributed by atoms with Crippen LogP contribution >= 0.6 is 11.6 Å². The predicted octanol–water partition coefficient (Wildman–Crippen LogP) is 8.03. The van der Waals surface area contributed by atoms with Crippen molar-refractivity contribution in [2.75, 3.05) is 73.9 Å². The minimum Gasteiger partial charge on any atom is -0.399 e. The molecule has 3 aliphatic rings. The molecule has 14 nitrogen and oxygen atoms in total. The molecule has 7 heterocycles. The summed E-state index contributed by atoms with van der Waals surface area (Å²) in [6, 6.07) is 14.0. The van der Waals surface area contributed by atoms with E-state index in [0.717, 1.165) is 101 Å². The molecule has 3 fully saturated rings. The van der Waals surface area contributed by atoms with Crippen molar-refractivity contribution in [2.45, 2.75) is 66.6 Å². The van der Waals surface area contributed by atoms with E-state index in [1.165, 1.54) is 12.1 Å². The van der Waals surface area contributed by atoms with E-state index in [1.807, 2.05) is 106 Å². The molecule has 0 unspecified atom stereocenters. The van der Waals surface area contributed by atoms with Crippen molar-refractivity contribution < 1.29 is 27.6 Å². The van der Waals surface area contributed by atoms with Gasteiger partial charge in [-0.3, -0.25) is 9.36 Å². The molecule has 0 aliphatic carbocycles. The molecule has 0 amide bonds. The molecule has 0 radical (unpaired) electrons. The Balaban J connectivity index is 0.000000165. The number of nitrogens with zero attached hydrogens (tertiary/aromatic N) is 8. The summed E-state index contributed by atoms with van der Waals surface area (Å²) >= 11 is 6.20. The number of rotatable bonds is 6. The van der Waals surface area contributed by atoms with Crippen LogP contribution in [0.15, 0.2) is 73.3 Å². The van der Waals surface area contributed by atoms with Crippen molar-refractivity contribution in [3.8, 4) is 33.6 Å². The van der Waals surface area contributed by atoms with Crippen molar-refractivity contribution in [3.05, 3.63) is 101 Å². The van der Waals surface area contributed by atoms with Crippen LogP contribution in [0.4, 0.5) is 31.8 Å². The number of hydrogen-bond donors (Lipinski definition) is 2. The maximum atomic E-state index is 13.8. The van der Waals surface area contributed by atoms with Crippen molar-refractivity contribution in [1.82, 2.24) is 29.5 Å². The second kappa shape index (κ2) is 21.4. The van der Waals surface area contributed by atoms with Crippen molar-refractivity contribution in [2.24, 2.45) is 14.1 Å². The molecule has 0 spiro atoms. The molecule has 0 bridgehead atoms. The van der Waals surface area contributed by atoms with Crippen LogP contribution in [0.25, 0.3) is 33.6 Å². The lowest BCUT2D eigenvalue weighted by molar-refractivity contribution is 0.00578. The highest BCUT2D eigenvalue weighted by atomic mass is 35.5. The van der Waals surface area contributed by atoms with E-state index in [1.54, 1.807) is 33.9 Å². The number of anilines is 4. The van der Waals surface area contributed by atoms with Gasteiger partial charge in [0.25, 0.3) is 0 Å². The average Bonchev–Trinajstić information content (AvgIpc) is 4.00. The molecule has 18 heteroatoms.